The van der Waals surface area contributed by atoms with Crippen LogP contribution >= 0.6 is 0 Å². The molecule has 1 atom stereocenters. The molecule has 0 saturated carbocycles. The van der Waals surface area contributed by atoms with Gasteiger partial charge in [0.1, 0.15) is 5.82 Å². The lowest BCUT2D eigenvalue weighted by Gasteiger charge is -2.26. The highest BCUT2D eigenvalue weighted by Crippen LogP contribution is 2.33. The largest absolute Gasteiger partial charge is 0.494 e. The first-order valence-corrected chi connectivity index (χ1v) is 8.74. The molecule has 0 aliphatic carbocycles. The van der Waals surface area contributed by atoms with Crippen LogP contribution in [-0.4, -0.2) is 43.5 Å². The Morgan fingerprint density at radius 3 is 2.85 bits per heavy atom. The Hall–Kier alpha value is -2.63. The zero-order chi connectivity index (χ0) is 18.7. The van der Waals surface area contributed by atoms with E-state index < -0.39 is 5.82 Å². The molecule has 0 radical (unpaired) electrons. The quantitative estimate of drug-likeness (QED) is 0.824. The second-order valence-corrected chi connectivity index (χ2v) is 6.73. The van der Waals surface area contributed by atoms with E-state index in [-0.39, 0.29) is 24.1 Å². The molecule has 5 nitrogen and oxygen atoms in total. The van der Waals surface area contributed by atoms with Crippen LogP contribution in [0.3, 0.4) is 0 Å². The van der Waals surface area contributed by atoms with Gasteiger partial charge in [0.25, 0.3) is 0 Å². The molecule has 2 heterocycles. The predicted molar refractivity (Wildman–Crippen MR) is 98.9 cm³/mol. The molecule has 3 rings (SSSR count). The van der Waals surface area contributed by atoms with Crippen LogP contribution in [0.25, 0.3) is 0 Å². The molecule has 26 heavy (non-hydrogen) atoms. The maximum atomic E-state index is 13.9. The van der Waals surface area contributed by atoms with Crippen LogP contribution in [0.5, 0.6) is 5.75 Å². The molecule has 138 valence electrons. The fourth-order valence-corrected chi connectivity index (χ4v) is 3.39. The van der Waals surface area contributed by atoms with E-state index in [1.165, 1.54) is 13.2 Å². The number of hydrogen-bond acceptors (Lipinski definition) is 4. The number of rotatable bonds is 5. The van der Waals surface area contributed by atoms with Crippen molar-refractivity contribution in [3.63, 3.8) is 0 Å². The van der Waals surface area contributed by atoms with E-state index >= 15 is 0 Å². The van der Waals surface area contributed by atoms with E-state index in [1.54, 1.807) is 18.3 Å². The summed E-state index contributed by atoms with van der Waals surface area (Å²) in [7, 11) is 5.32. The smallest absolute Gasteiger partial charge is 0.227 e. The number of carbonyl (C=O) groups excluding carboxylic acids is 1. The molecule has 0 spiro atoms. The van der Waals surface area contributed by atoms with Crippen molar-refractivity contribution in [1.29, 1.82) is 0 Å². The molecule has 1 fully saturated rings. The van der Waals surface area contributed by atoms with Crippen LogP contribution in [0, 0.1) is 5.82 Å². The summed E-state index contributed by atoms with van der Waals surface area (Å²) < 4.78 is 18.8. The van der Waals surface area contributed by atoms with Gasteiger partial charge in [-0.2, -0.15) is 0 Å². The van der Waals surface area contributed by atoms with Gasteiger partial charge >= 0.3 is 0 Å². The van der Waals surface area contributed by atoms with Gasteiger partial charge in [0.2, 0.25) is 5.91 Å². The van der Waals surface area contributed by atoms with Crippen LogP contribution in [0.1, 0.15) is 30.0 Å². The van der Waals surface area contributed by atoms with E-state index in [0.29, 0.717) is 5.56 Å². The molecule has 1 aromatic heterocycles. The predicted octanol–water partition coefficient (Wildman–Crippen LogP) is 3.20. The fourth-order valence-electron chi connectivity index (χ4n) is 3.39. The third-order valence-electron chi connectivity index (χ3n) is 4.76. The molecule has 1 aliphatic heterocycles. The highest BCUT2D eigenvalue weighted by Gasteiger charge is 2.30. The number of benzene rings is 1. The monoisotopic (exact) mass is 357 g/mol. The zero-order valence-corrected chi connectivity index (χ0v) is 15.4. The number of hydrogen-bond donors (Lipinski definition) is 0. The first kappa shape index (κ1) is 18.2. The summed E-state index contributed by atoms with van der Waals surface area (Å²) in [6.07, 6.45) is 3.86. The number of methoxy groups -OCH3 is 1. The molecule has 1 aliphatic rings. The van der Waals surface area contributed by atoms with E-state index in [0.717, 1.165) is 30.8 Å². The molecular weight excluding hydrogens is 333 g/mol. The Morgan fingerprint density at radius 1 is 1.35 bits per heavy atom. The Kier molecular flexibility index (Phi) is 5.40. The lowest BCUT2D eigenvalue weighted by Crippen LogP contribution is -2.32. The van der Waals surface area contributed by atoms with Crippen molar-refractivity contribution >= 4 is 11.7 Å². The summed E-state index contributed by atoms with van der Waals surface area (Å²) in [5.74, 6) is 0.632. The molecule has 0 N–H and O–H groups in total. The summed E-state index contributed by atoms with van der Waals surface area (Å²) in [4.78, 5) is 21.0. The minimum atomic E-state index is -0.444. The van der Waals surface area contributed by atoms with E-state index in [2.05, 4.69) is 4.98 Å². The molecule has 1 saturated heterocycles. The van der Waals surface area contributed by atoms with Gasteiger partial charge in [0, 0.05) is 26.8 Å². The second kappa shape index (κ2) is 7.72. The maximum absolute atomic E-state index is 13.9. The van der Waals surface area contributed by atoms with Gasteiger partial charge < -0.3 is 14.5 Å². The van der Waals surface area contributed by atoms with E-state index in [9.17, 15) is 9.18 Å². The normalized spacial score (nSPS) is 16.6. The second-order valence-electron chi connectivity index (χ2n) is 6.73. The number of ether oxygens (including phenoxy) is 1. The van der Waals surface area contributed by atoms with Crippen LogP contribution in [0.4, 0.5) is 10.2 Å². The van der Waals surface area contributed by atoms with Crippen molar-refractivity contribution in [1.82, 2.24) is 9.88 Å². The number of amides is 1. The third kappa shape index (κ3) is 3.79. The maximum Gasteiger partial charge on any atom is 0.227 e. The first-order valence-electron chi connectivity index (χ1n) is 8.74. The summed E-state index contributed by atoms with van der Waals surface area (Å²) in [5.41, 5.74) is 1.75. The first-order chi connectivity index (χ1) is 12.5. The number of nitrogens with zero attached hydrogens (tertiary/aromatic N) is 3. The van der Waals surface area contributed by atoms with Gasteiger partial charge in [0.15, 0.2) is 11.6 Å². The topological polar surface area (TPSA) is 45.7 Å². The average Bonchev–Trinajstić information content (AvgIpc) is 3.12. The van der Waals surface area contributed by atoms with Gasteiger partial charge in [-0.3, -0.25) is 4.79 Å². The van der Waals surface area contributed by atoms with Crippen molar-refractivity contribution in [2.75, 3.05) is 32.6 Å². The van der Waals surface area contributed by atoms with Crippen LogP contribution in [0.2, 0.25) is 0 Å². The van der Waals surface area contributed by atoms with Gasteiger partial charge in [-0.25, -0.2) is 9.37 Å². The van der Waals surface area contributed by atoms with Crippen LogP contribution < -0.4 is 9.64 Å². The lowest BCUT2D eigenvalue weighted by molar-refractivity contribution is -0.131. The van der Waals surface area contributed by atoms with Crippen molar-refractivity contribution in [3.8, 4) is 5.75 Å². The lowest BCUT2D eigenvalue weighted by atomic mass is 10.0. The Labute approximate surface area is 153 Å². The van der Waals surface area contributed by atoms with Gasteiger partial charge in [0.05, 0.1) is 19.6 Å². The Bertz CT molecular complexity index is 794. The molecule has 0 unspecified atom stereocenters. The Balaban J connectivity index is 1.76. The SMILES string of the molecule is COc1ccc(CC(=O)N2CCC[C@@H]2c2ccnc(N(C)C)c2)cc1F. The van der Waals surface area contributed by atoms with Crippen LogP contribution in [0.15, 0.2) is 36.5 Å². The molecule has 1 aromatic carbocycles. The molecule has 0 bridgehead atoms. The van der Waals surface area contributed by atoms with Crippen molar-refractivity contribution in [2.45, 2.75) is 25.3 Å². The van der Waals surface area contributed by atoms with Crippen molar-refractivity contribution in [3.05, 3.63) is 53.5 Å². The summed E-state index contributed by atoms with van der Waals surface area (Å²) in [5, 5.41) is 0. The average molecular weight is 357 g/mol. The van der Waals surface area contributed by atoms with Gasteiger partial charge in [-0.05, 0) is 48.2 Å². The van der Waals surface area contributed by atoms with Gasteiger partial charge in [-0.15, -0.1) is 0 Å². The number of carbonyl (C=O) groups is 1. The highest BCUT2D eigenvalue weighted by molar-refractivity contribution is 5.79. The van der Waals surface area contributed by atoms with Crippen molar-refractivity contribution in [2.24, 2.45) is 0 Å². The third-order valence-corrected chi connectivity index (χ3v) is 4.76. The number of pyridine rings is 1. The Morgan fingerprint density at radius 2 is 2.15 bits per heavy atom. The van der Waals surface area contributed by atoms with Crippen LogP contribution in [-0.2, 0) is 11.2 Å². The molecule has 2 aromatic rings. The summed E-state index contributed by atoms with van der Waals surface area (Å²) in [6.45, 7) is 0.724. The number of anilines is 1. The fraction of sp³-hybridized carbons (Fsp3) is 0.400. The van der Waals surface area contributed by atoms with Crippen molar-refractivity contribution < 1.29 is 13.9 Å². The molecule has 6 heteroatoms. The minimum Gasteiger partial charge on any atom is -0.494 e. The summed E-state index contributed by atoms with van der Waals surface area (Å²) >= 11 is 0. The minimum absolute atomic E-state index is 0.0142. The van der Waals surface area contributed by atoms with Gasteiger partial charge in [-0.1, -0.05) is 6.07 Å². The molecular formula is C20H24FN3O2. The number of halogens is 1. The molecule has 1 amide bonds. The zero-order valence-electron chi connectivity index (χ0n) is 15.4. The number of aromatic nitrogens is 1. The standard InChI is InChI=1S/C20H24FN3O2/c1-23(2)19-13-15(8-9-22-19)17-5-4-10-24(17)20(25)12-14-6-7-18(26-3)16(21)11-14/h6-9,11,13,17H,4-5,10,12H2,1-3H3/t17-/m1/s1. The highest BCUT2D eigenvalue weighted by atomic mass is 19.1. The van der Waals surface area contributed by atoms with E-state index in [4.69, 9.17) is 4.74 Å². The number of likely N-dealkylation sites (tertiary alicyclic amines) is 1. The summed E-state index contributed by atoms with van der Waals surface area (Å²) in [6, 6.07) is 8.72. The van der Waals surface area contributed by atoms with E-state index in [1.807, 2.05) is 36.0 Å².